The van der Waals surface area contributed by atoms with Crippen molar-refractivity contribution in [2.24, 2.45) is 0 Å². The van der Waals surface area contributed by atoms with Gasteiger partial charge >= 0.3 is 0 Å². The van der Waals surface area contributed by atoms with Gasteiger partial charge in [0.25, 0.3) is 0 Å². The van der Waals surface area contributed by atoms with Gasteiger partial charge in [-0.05, 0) is 48.8 Å². The van der Waals surface area contributed by atoms with Crippen LogP contribution in [0.2, 0.25) is 0 Å². The molecule has 9 aromatic rings. The predicted octanol–water partition coefficient (Wildman–Crippen LogP) is 10.5. The number of hydrogen-bond donors (Lipinski definition) is 0. The summed E-state index contributed by atoms with van der Waals surface area (Å²) in [6.07, 6.45) is 3.81. The van der Waals surface area contributed by atoms with Crippen molar-refractivity contribution in [3.63, 3.8) is 0 Å². The van der Waals surface area contributed by atoms with E-state index in [9.17, 15) is 0 Å². The largest absolute Gasteiger partial charge is 0.263 e. The summed E-state index contributed by atoms with van der Waals surface area (Å²) in [7, 11) is 0. The fraction of sp³-hybridized carbons (Fsp3) is 0. The van der Waals surface area contributed by atoms with Gasteiger partial charge in [0.15, 0.2) is 17.5 Å². The van der Waals surface area contributed by atoms with Crippen molar-refractivity contribution in [2.75, 3.05) is 0 Å². The number of nitrogens with zero attached hydrogens (tertiary/aromatic N) is 4. The summed E-state index contributed by atoms with van der Waals surface area (Å²) >= 11 is 0. The Balaban J connectivity index is 1.21. The lowest BCUT2D eigenvalue weighted by Gasteiger charge is -2.12. The number of pyridine rings is 1. The van der Waals surface area contributed by atoms with Crippen LogP contribution >= 0.6 is 0 Å². The molecule has 0 saturated carbocycles. The van der Waals surface area contributed by atoms with Crippen LogP contribution in [0.1, 0.15) is 0 Å². The lowest BCUT2D eigenvalue weighted by atomic mass is 9.96. The third-order valence-corrected chi connectivity index (χ3v) is 8.82. The average Bonchev–Trinajstić information content (AvgIpc) is 3.14. The van der Waals surface area contributed by atoms with Gasteiger partial charge < -0.3 is 0 Å². The molecule has 4 heteroatoms. The van der Waals surface area contributed by atoms with Crippen molar-refractivity contribution >= 4 is 43.1 Å². The van der Waals surface area contributed by atoms with Gasteiger partial charge in [-0.3, -0.25) is 4.98 Å². The Morgan fingerprint density at radius 1 is 0.283 bits per heavy atom. The van der Waals surface area contributed by atoms with Gasteiger partial charge in [0.05, 0.1) is 0 Å². The van der Waals surface area contributed by atoms with E-state index in [0.29, 0.717) is 17.5 Å². The number of hydrogen-bond acceptors (Lipinski definition) is 4. The van der Waals surface area contributed by atoms with E-state index in [2.05, 4.69) is 115 Å². The highest BCUT2D eigenvalue weighted by molar-refractivity contribution is 6.18. The molecule has 0 bridgehead atoms. The van der Waals surface area contributed by atoms with Crippen molar-refractivity contribution in [3.8, 4) is 45.3 Å². The third kappa shape index (κ3) is 4.39. The Kier molecular flexibility index (Phi) is 6.10. The van der Waals surface area contributed by atoms with Crippen LogP contribution < -0.4 is 0 Å². The van der Waals surface area contributed by atoms with E-state index < -0.39 is 0 Å². The molecule has 0 N–H and O–H groups in total. The standard InChI is InChI=1S/C42H26N4/c1-2-11-30(12-3-1)40-44-41(31-19-17-29(18-20-31)33-16-8-13-27-9-4-6-14-32(27)33)46-42(45-40)39-26-43-25-38-36-22-21-28-10-5-7-15-34(28)35(36)23-24-37(38)39/h1-26H. The maximum absolute atomic E-state index is 5.07. The molecule has 0 unspecified atom stereocenters. The van der Waals surface area contributed by atoms with Crippen molar-refractivity contribution in [1.29, 1.82) is 0 Å². The maximum Gasteiger partial charge on any atom is 0.166 e. The summed E-state index contributed by atoms with van der Waals surface area (Å²) in [5.41, 5.74) is 5.09. The first kappa shape index (κ1) is 26.2. The fourth-order valence-corrected chi connectivity index (χ4v) is 6.54. The fourth-order valence-electron chi connectivity index (χ4n) is 6.54. The average molecular weight is 587 g/mol. The molecular formula is C42H26N4. The summed E-state index contributed by atoms with van der Waals surface area (Å²) in [5, 5.41) is 9.40. The topological polar surface area (TPSA) is 51.6 Å². The van der Waals surface area contributed by atoms with Crippen LogP contribution in [0.5, 0.6) is 0 Å². The minimum absolute atomic E-state index is 0.597. The second-order valence-corrected chi connectivity index (χ2v) is 11.5. The second kappa shape index (κ2) is 10.7. The highest BCUT2D eigenvalue weighted by Gasteiger charge is 2.16. The Bertz CT molecular complexity index is 2570. The molecule has 0 aliphatic rings. The molecule has 2 aromatic heterocycles. The number of fused-ring (bicyclic) bond motifs is 6. The van der Waals surface area contributed by atoms with E-state index in [1.54, 1.807) is 0 Å². The van der Waals surface area contributed by atoms with Crippen LogP contribution in [0.4, 0.5) is 0 Å². The van der Waals surface area contributed by atoms with Crippen LogP contribution in [0.3, 0.4) is 0 Å². The van der Waals surface area contributed by atoms with Gasteiger partial charge in [-0.2, -0.15) is 0 Å². The quantitative estimate of drug-likeness (QED) is 0.193. The van der Waals surface area contributed by atoms with E-state index in [0.717, 1.165) is 38.4 Å². The lowest BCUT2D eigenvalue weighted by molar-refractivity contribution is 1.07. The first-order valence-electron chi connectivity index (χ1n) is 15.4. The van der Waals surface area contributed by atoms with Gasteiger partial charge in [0.2, 0.25) is 0 Å². The normalized spacial score (nSPS) is 11.5. The van der Waals surface area contributed by atoms with Crippen molar-refractivity contribution in [1.82, 2.24) is 19.9 Å². The first-order chi connectivity index (χ1) is 22.8. The highest BCUT2D eigenvalue weighted by atomic mass is 15.0. The monoisotopic (exact) mass is 586 g/mol. The van der Waals surface area contributed by atoms with Gasteiger partial charge in [0, 0.05) is 34.5 Å². The molecule has 2 heterocycles. The summed E-state index contributed by atoms with van der Waals surface area (Å²) < 4.78 is 0. The number of benzene rings is 7. The molecule has 0 atom stereocenters. The number of aromatic nitrogens is 4. The van der Waals surface area contributed by atoms with Gasteiger partial charge in [0.1, 0.15) is 0 Å². The Morgan fingerprint density at radius 2 is 0.848 bits per heavy atom. The summed E-state index contributed by atoms with van der Waals surface area (Å²) in [4.78, 5) is 19.8. The van der Waals surface area contributed by atoms with E-state index in [4.69, 9.17) is 19.9 Å². The predicted molar refractivity (Wildman–Crippen MR) is 189 cm³/mol. The zero-order valence-corrected chi connectivity index (χ0v) is 24.8. The molecule has 0 spiro atoms. The SMILES string of the molecule is c1ccc(-c2nc(-c3ccc(-c4cccc5ccccc45)cc3)nc(-c3cncc4c3ccc3c5ccccc5ccc43)n2)cc1. The van der Waals surface area contributed by atoms with E-state index in [1.165, 1.54) is 32.5 Å². The maximum atomic E-state index is 5.07. The Labute approximate surface area is 265 Å². The van der Waals surface area contributed by atoms with Crippen LogP contribution in [0.15, 0.2) is 158 Å². The lowest BCUT2D eigenvalue weighted by Crippen LogP contribution is -2.01. The summed E-state index contributed by atoms with van der Waals surface area (Å²) in [5.74, 6) is 1.85. The Hall–Kier alpha value is -6.26. The molecule has 46 heavy (non-hydrogen) atoms. The molecule has 0 radical (unpaired) electrons. The molecular weight excluding hydrogens is 560 g/mol. The molecule has 4 nitrogen and oxygen atoms in total. The smallest absolute Gasteiger partial charge is 0.166 e. The molecule has 0 fully saturated rings. The molecule has 7 aromatic carbocycles. The molecule has 0 aliphatic carbocycles. The minimum Gasteiger partial charge on any atom is -0.263 e. The molecule has 0 saturated heterocycles. The van der Waals surface area contributed by atoms with Crippen LogP contribution in [-0.2, 0) is 0 Å². The minimum atomic E-state index is 0.597. The van der Waals surface area contributed by atoms with Crippen molar-refractivity contribution in [3.05, 3.63) is 158 Å². The molecule has 0 amide bonds. The van der Waals surface area contributed by atoms with Crippen molar-refractivity contribution < 1.29 is 0 Å². The van der Waals surface area contributed by atoms with Crippen molar-refractivity contribution in [2.45, 2.75) is 0 Å². The third-order valence-electron chi connectivity index (χ3n) is 8.82. The van der Waals surface area contributed by atoms with E-state index in [1.807, 2.05) is 42.7 Å². The first-order valence-corrected chi connectivity index (χ1v) is 15.4. The van der Waals surface area contributed by atoms with Crippen LogP contribution in [-0.4, -0.2) is 19.9 Å². The zero-order valence-electron chi connectivity index (χ0n) is 24.8. The number of rotatable bonds is 4. The molecule has 9 rings (SSSR count). The van der Waals surface area contributed by atoms with E-state index >= 15 is 0 Å². The zero-order chi connectivity index (χ0) is 30.5. The van der Waals surface area contributed by atoms with Gasteiger partial charge in [-0.15, -0.1) is 0 Å². The highest BCUT2D eigenvalue weighted by Crippen LogP contribution is 2.36. The Morgan fingerprint density at radius 3 is 1.65 bits per heavy atom. The molecule has 214 valence electrons. The summed E-state index contributed by atoms with van der Waals surface area (Å²) in [6.45, 7) is 0. The van der Waals surface area contributed by atoms with E-state index in [-0.39, 0.29) is 0 Å². The van der Waals surface area contributed by atoms with Gasteiger partial charge in [-0.1, -0.05) is 146 Å². The molecule has 0 aliphatic heterocycles. The van der Waals surface area contributed by atoms with Crippen LogP contribution in [0, 0.1) is 0 Å². The summed E-state index contributed by atoms with van der Waals surface area (Å²) in [6, 6.07) is 50.8. The van der Waals surface area contributed by atoms with Gasteiger partial charge in [-0.25, -0.2) is 15.0 Å². The van der Waals surface area contributed by atoms with Crippen LogP contribution in [0.25, 0.3) is 88.4 Å². The second-order valence-electron chi connectivity index (χ2n) is 11.5.